The summed E-state index contributed by atoms with van der Waals surface area (Å²) in [5.74, 6) is -2.87. The molecule has 0 aliphatic rings. The maximum absolute atomic E-state index is 13.4. The molecule has 1 rings (SSSR count). The quantitative estimate of drug-likeness (QED) is 0.844. The third-order valence-electron chi connectivity index (χ3n) is 2.38. The summed E-state index contributed by atoms with van der Waals surface area (Å²) in [5, 5.41) is 8.64. The van der Waals surface area contributed by atoms with Crippen LogP contribution in [0.5, 0.6) is 0 Å². The predicted molar refractivity (Wildman–Crippen MR) is 63.1 cm³/mol. The van der Waals surface area contributed by atoms with E-state index < -0.39 is 32.6 Å². The molecule has 1 atom stereocenters. The number of nitrogens with one attached hydrogen (secondary N) is 1. The number of benzene rings is 1. The molecule has 0 amide bonds. The standard InChI is InChI=1S/C11H14FNO4S/c1-7-3-4-9(12)10(5-7)18(16,17)13-6-8(2)11(14)15/h3-5,8,13H,6H2,1-2H3,(H,14,15). The fourth-order valence-corrected chi connectivity index (χ4v) is 2.51. The van der Waals surface area contributed by atoms with Gasteiger partial charge in [-0.2, -0.15) is 0 Å². The van der Waals surface area contributed by atoms with Crippen LogP contribution in [0.15, 0.2) is 23.1 Å². The van der Waals surface area contributed by atoms with E-state index >= 15 is 0 Å². The van der Waals surface area contributed by atoms with Crippen molar-refractivity contribution >= 4 is 16.0 Å². The number of rotatable bonds is 5. The van der Waals surface area contributed by atoms with Crippen molar-refractivity contribution in [1.82, 2.24) is 4.72 Å². The summed E-state index contributed by atoms with van der Waals surface area (Å²) in [4.78, 5) is 10.1. The molecule has 0 spiro atoms. The Morgan fingerprint density at radius 3 is 2.67 bits per heavy atom. The molecule has 1 aromatic carbocycles. The SMILES string of the molecule is Cc1ccc(F)c(S(=O)(=O)NCC(C)C(=O)O)c1. The molecular formula is C11H14FNO4S. The molecular weight excluding hydrogens is 261 g/mol. The number of hydrogen-bond acceptors (Lipinski definition) is 3. The summed E-state index contributed by atoms with van der Waals surface area (Å²) >= 11 is 0. The van der Waals surface area contributed by atoms with E-state index in [1.165, 1.54) is 19.1 Å². The van der Waals surface area contributed by atoms with Crippen LogP contribution in [-0.2, 0) is 14.8 Å². The first-order valence-corrected chi connectivity index (χ1v) is 6.71. The minimum absolute atomic E-state index is 0.287. The Morgan fingerprint density at radius 1 is 1.50 bits per heavy atom. The van der Waals surface area contributed by atoms with Crippen LogP contribution < -0.4 is 4.72 Å². The van der Waals surface area contributed by atoms with E-state index in [1.54, 1.807) is 6.92 Å². The number of aliphatic carboxylic acids is 1. The number of sulfonamides is 1. The lowest BCUT2D eigenvalue weighted by Gasteiger charge is -2.10. The zero-order chi connectivity index (χ0) is 13.9. The van der Waals surface area contributed by atoms with Crippen molar-refractivity contribution in [1.29, 1.82) is 0 Å². The lowest BCUT2D eigenvalue weighted by molar-refractivity contribution is -0.140. The second kappa shape index (κ2) is 5.45. The minimum Gasteiger partial charge on any atom is -0.481 e. The summed E-state index contributed by atoms with van der Waals surface area (Å²) in [6.45, 7) is 2.71. The average Bonchev–Trinajstić information content (AvgIpc) is 2.29. The van der Waals surface area contributed by atoms with E-state index in [0.717, 1.165) is 6.07 Å². The van der Waals surface area contributed by atoms with Gasteiger partial charge in [0.2, 0.25) is 10.0 Å². The minimum atomic E-state index is -4.03. The third-order valence-corrected chi connectivity index (χ3v) is 3.82. The number of carbonyl (C=O) groups is 1. The number of hydrogen-bond donors (Lipinski definition) is 2. The average molecular weight is 275 g/mol. The maximum atomic E-state index is 13.4. The molecule has 2 N–H and O–H groups in total. The van der Waals surface area contributed by atoms with Crippen LogP contribution in [0.4, 0.5) is 4.39 Å². The molecule has 5 nitrogen and oxygen atoms in total. The van der Waals surface area contributed by atoms with Crippen LogP contribution >= 0.6 is 0 Å². The molecule has 0 aliphatic heterocycles. The topological polar surface area (TPSA) is 83.5 Å². The lowest BCUT2D eigenvalue weighted by Crippen LogP contribution is -2.32. The van der Waals surface area contributed by atoms with E-state index in [9.17, 15) is 17.6 Å². The van der Waals surface area contributed by atoms with Gasteiger partial charge in [-0.05, 0) is 24.6 Å². The highest BCUT2D eigenvalue weighted by molar-refractivity contribution is 7.89. The van der Waals surface area contributed by atoms with Gasteiger partial charge in [-0.25, -0.2) is 17.5 Å². The van der Waals surface area contributed by atoms with Gasteiger partial charge in [0.1, 0.15) is 10.7 Å². The van der Waals surface area contributed by atoms with Gasteiger partial charge in [0.25, 0.3) is 0 Å². The van der Waals surface area contributed by atoms with Crippen molar-refractivity contribution < 1.29 is 22.7 Å². The monoisotopic (exact) mass is 275 g/mol. The summed E-state index contributed by atoms with van der Waals surface area (Å²) in [7, 11) is -4.03. The van der Waals surface area contributed by atoms with Gasteiger partial charge in [-0.1, -0.05) is 13.0 Å². The first-order valence-electron chi connectivity index (χ1n) is 5.22. The molecule has 100 valence electrons. The highest BCUT2D eigenvalue weighted by Gasteiger charge is 2.21. The first kappa shape index (κ1) is 14.6. The van der Waals surface area contributed by atoms with Crippen LogP contribution in [0, 0.1) is 18.7 Å². The second-order valence-electron chi connectivity index (χ2n) is 4.03. The van der Waals surface area contributed by atoms with Crippen molar-refractivity contribution in [3.8, 4) is 0 Å². The van der Waals surface area contributed by atoms with E-state index in [0.29, 0.717) is 5.56 Å². The Hall–Kier alpha value is -1.47. The number of halogens is 1. The smallest absolute Gasteiger partial charge is 0.307 e. The molecule has 0 aromatic heterocycles. The van der Waals surface area contributed by atoms with Crippen LogP contribution in [0.2, 0.25) is 0 Å². The predicted octanol–water partition coefficient (Wildman–Crippen LogP) is 1.13. The highest BCUT2D eigenvalue weighted by atomic mass is 32.2. The molecule has 0 saturated heterocycles. The van der Waals surface area contributed by atoms with E-state index in [2.05, 4.69) is 4.72 Å². The molecule has 0 saturated carbocycles. The molecule has 18 heavy (non-hydrogen) atoms. The molecule has 1 aromatic rings. The first-order chi connectivity index (χ1) is 8.24. The van der Waals surface area contributed by atoms with E-state index in [1.807, 2.05) is 0 Å². The maximum Gasteiger partial charge on any atom is 0.307 e. The molecule has 0 aliphatic carbocycles. The summed E-state index contributed by atoms with van der Waals surface area (Å²) in [6.07, 6.45) is 0. The zero-order valence-corrected chi connectivity index (χ0v) is 10.8. The molecule has 1 unspecified atom stereocenters. The van der Waals surface area contributed by atoms with Gasteiger partial charge in [0.15, 0.2) is 0 Å². The van der Waals surface area contributed by atoms with Gasteiger partial charge >= 0.3 is 5.97 Å². The van der Waals surface area contributed by atoms with Crippen molar-refractivity contribution in [3.05, 3.63) is 29.6 Å². The normalized spacial score (nSPS) is 13.3. The lowest BCUT2D eigenvalue weighted by atomic mass is 10.2. The van der Waals surface area contributed by atoms with Gasteiger partial charge < -0.3 is 5.11 Å². The van der Waals surface area contributed by atoms with Gasteiger partial charge in [-0.3, -0.25) is 4.79 Å². The molecule has 0 radical (unpaired) electrons. The van der Waals surface area contributed by atoms with Crippen LogP contribution in [-0.4, -0.2) is 26.0 Å². The number of carboxylic acid groups (broad SMARTS) is 1. The summed E-state index contributed by atoms with van der Waals surface area (Å²) < 4.78 is 39.1. The zero-order valence-electron chi connectivity index (χ0n) is 9.97. The second-order valence-corrected chi connectivity index (χ2v) is 5.76. The third kappa shape index (κ3) is 3.51. The molecule has 0 bridgehead atoms. The Bertz CT molecular complexity index is 556. The Kier molecular flexibility index (Phi) is 4.42. The van der Waals surface area contributed by atoms with Gasteiger partial charge in [0.05, 0.1) is 5.92 Å². The fourth-order valence-electron chi connectivity index (χ4n) is 1.22. The largest absolute Gasteiger partial charge is 0.481 e. The number of aryl methyl sites for hydroxylation is 1. The van der Waals surface area contributed by atoms with Crippen molar-refractivity contribution in [2.45, 2.75) is 18.7 Å². The number of carboxylic acids is 1. The van der Waals surface area contributed by atoms with Gasteiger partial charge in [0, 0.05) is 6.54 Å². The summed E-state index contributed by atoms with van der Waals surface area (Å²) in [6, 6.07) is 3.71. The Labute approximate surface area is 105 Å². The Balaban J connectivity index is 2.93. The molecule has 0 heterocycles. The summed E-state index contributed by atoms with van der Waals surface area (Å²) in [5.41, 5.74) is 0.600. The fraction of sp³-hybridized carbons (Fsp3) is 0.364. The van der Waals surface area contributed by atoms with Crippen molar-refractivity contribution in [2.24, 2.45) is 5.92 Å². The van der Waals surface area contributed by atoms with Crippen LogP contribution in [0.1, 0.15) is 12.5 Å². The van der Waals surface area contributed by atoms with E-state index in [-0.39, 0.29) is 6.54 Å². The molecule has 0 fully saturated rings. The highest BCUT2D eigenvalue weighted by Crippen LogP contribution is 2.16. The molecule has 7 heteroatoms. The van der Waals surface area contributed by atoms with Gasteiger partial charge in [-0.15, -0.1) is 0 Å². The van der Waals surface area contributed by atoms with E-state index in [4.69, 9.17) is 5.11 Å². The van der Waals surface area contributed by atoms with Crippen LogP contribution in [0.25, 0.3) is 0 Å². The Morgan fingerprint density at radius 2 is 2.11 bits per heavy atom. The van der Waals surface area contributed by atoms with Crippen LogP contribution in [0.3, 0.4) is 0 Å². The van der Waals surface area contributed by atoms with Crippen molar-refractivity contribution in [2.75, 3.05) is 6.54 Å². The van der Waals surface area contributed by atoms with Crippen molar-refractivity contribution in [3.63, 3.8) is 0 Å².